The number of phenolic OH excluding ortho intramolecular Hbond substituents is 1. The van der Waals surface area contributed by atoms with Crippen molar-refractivity contribution in [2.75, 3.05) is 0 Å². The number of aromatic nitrogens is 2. The van der Waals surface area contributed by atoms with E-state index in [-0.39, 0.29) is 0 Å². The summed E-state index contributed by atoms with van der Waals surface area (Å²) in [5.41, 5.74) is 5.73. The summed E-state index contributed by atoms with van der Waals surface area (Å²) < 4.78 is 2.18. The van der Waals surface area contributed by atoms with Crippen LogP contribution in [0.2, 0.25) is 0 Å². The summed E-state index contributed by atoms with van der Waals surface area (Å²) >= 11 is 0. The Kier molecular flexibility index (Phi) is 4.08. The molecule has 25 heavy (non-hydrogen) atoms. The Morgan fingerprint density at radius 1 is 0.960 bits per heavy atom. The molecular weight excluding hydrogens is 308 g/mol. The molecule has 0 amide bonds. The summed E-state index contributed by atoms with van der Waals surface area (Å²) in [7, 11) is 0. The van der Waals surface area contributed by atoms with Crippen molar-refractivity contribution in [2.24, 2.45) is 0 Å². The Balaban J connectivity index is 1.82. The maximum absolute atomic E-state index is 10.00. The van der Waals surface area contributed by atoms with E-state index in [1.54, 1.807) is 6.07 Å². The minimum atomic E-state index is 0.346. The third kappa shape index (κ3) is 2.95. The largest absolute Gasteiger partial charge is 0.508 e. The van der Waals surface area contributed by atoms with Gasteiger partial charge in [0.05, 0.1) is 5.69 Å². The second-order valence-corrected chi connectivity index (χ2v) is 7.09. The Bertz CT molecular complexity index is 885. The number of aromatic hydroxyl groups is 1. The summed E-state index contributed by atoms with van der Waals surface area (Å²) in [5, 5.41) is 10.00. The molecule has 0 aliphatic heterocycles. The molecule has 3 aromatic rings. The van der Waals surface area contributed by atoms with Crippen LogP contribution in [0.5, 0.6) is 5.75 Å². The highest BCUT2D eigenvalue weighted by Gasteiger charge is 2.21. The summed E-state index contributed by atoms with van der Waals surface area (Å²) in [5.74, 6) is 1.82. The second kappa shape index (κ2) is 6.40. The lowest BCUT2D eigenvalue weighted by atomic mass is 9.91. The quantitative estimate of drug-likeness (QED) is 0.686. The molecule has 0 spiro atoms. The van der Waals surface area contributed by atoms with Crippen LogP contribution in [0.25, 0.3) is 17.1 Å². The molecule has 4 rings (SSSR count). The fourth-order valence-electron chi connectivity index (χ4n) is 4.09. The van der Waals surface area contributed by atoms with Gasteiger partial charge in [0.1, 0.15) is 11.6 Å². The van der Waals surface area contributed by atoms with Crippen LogP contribution in [0.4, 0.5) is 0 Å². The van der Waals surface area contributed by atoms with Gasteiger partial charge >= 0.3 is 0 Å². The highest BCUT2D eigenvalue weighted by Crippen LogP contribution is 2.40. The van der Waals surface area contributed by atoms with E-state index >= 15 is 0 Å². The molecule has 0 bridgehead atoms. The van der Waals surface area contributed by atoms with Gasteiger partial charge in [-0.15, -0.1) is 0 Å². The molecule has 2 aromatic heterocycles. The molecule has 0 radical (unpaired) electrons. The molecule has 0 unspecified atom stereocenters. The SMILES string of the molecule is Cc1ccc(C)n1-c1cccc(-c2ccc(O)cc2C2CCCC2)n1. The topological polar surface area (TPSA) is 38.0 Å². The smallest absolute Gasteiger partial charge is 0.137 e. The summed E-state index contributed by atoms with van der Waals surface area (Å²) in [6, 6.07) is 16.2. The van der Waals surface area contributed by atoms with Gasteiger partial charge in [0.15, 0.2) is 0 Å². The van der Waals surface area contributed by atoms with Gasteiger partial charge in [-0.3, -0.25) is 0 Å². The Hall–Kier alpha value is -2.55. The first-order valence-electron chi connectivity index (χ1n) is 9.09. The van der Waals surface area contributed by atoms with Crippen LogP contribution < -0.4 is 0 Å². The summed E-state index contributed by atoms with van der Waals surface area (Å²) in [6.07, 6.45) is 4.95. The van der Waals surface area contributed by atoms with Crippen LogP contribution in [0.3, 0.4) is 0 Å². The van der Waals surface area contributed by atoms with E-state index in [0.717, 1.165) is 17.1 Å². The Labute approximate surface area is 149 Å². The highest BCUT2D eigenvalue weighted by atomic mass is 16.3. The zero-order chi connectivity index (χ0) is 17.4. The van der Waals surface area contributed by atoms with E-state index in [4.69, 9.17) is 4.98 Å². The molecular formula is C22H24N2O. The first-order chi connectivity index (χ1) is 12.1. The van der Waals surface area contributed by atoms with Gasteiger partial charge in [-0.1, -0.05) is 18.9 Å². The van der Waals surface area contributed by atoms with Gasteiger partial charge in [0.2, 0.25) is 0 Å². The molecule has 1 aromatic carbocycles. The second-order valence-electron chi connectivity index (χ2n) is 7.09. The van der Waals surface area contributed by atoms with Gasteiger partial charge in [0.25, 0.3) is 0 Å². The fraction of sp³-hybridized carbons (Fsp3) is 0.318. The number of pyridine rings is 1. The monoisotopic (exact) mass is 332 g/mol. The van der Waals surface area contributed by atoms with Gasteiger partial charge < -0.3 is 9.67 Å². The van der Waals surface area contributed by atoms with Crippen LogP contribution in [0.15, 0.2) is 48.5 Å². The lowest BCUT2D eigenvalue weighted by Crippen LogP contribution is -2.03. The predicted molar refractivity (Wildman–Crippen MR) is 101 cm³/mol. The molecule has 1 fully saturated rings. The third-order valence-electron chi connectivity index (χ3n) is 5.34. The average molecular weight is 332 g/mol. The van der Waals surface area contributed by atoms with E-state index in [2.05, 4.69) is 48.7 Å². The van der Waals surface area contributed by atoms with Gasteiger partial charge in [-0.2, -0.15) is 0 Å². The Morgan fingerprint density at radius 2 is 1.68 bits per heavy atom. The molecule has 3 nitrogen and oxygen atoms in total. The molecule has 0 atom stereocenters. The summed E-state index contributed by atoms with van der Waals surface area (Å²) in [6.45, 7) is 4.21. The van der Waals surface area contributed by atoms with Gasteiger partial charge in [0, 0.05) is 17.0 Å². The van der Waals surface area contributed by atoms with Crippen LogP contribution in [-0.4, -0.2) is 14.7 Å². The van der Waals surface area contributed by atoms with Crippen molar-refractivity contribution in [1.82, 2.24) is 9.55 Å². The third-order valence-corrected chi connectivity index (χ3v) is 5.34. The van der Waals surface area contributed by atoms with Crippen molar-refractivity contribution in [2.45, 2.75) is 45.4 Å². The van der Waals surface area contributed by atoms with Crippen molar-refractivity contribution < 1.29 is 5.11 Å². The number of rotatable bonds is 3. The van der Waals surface area contributed by atoms with Crippen molar-refractivity contribution in [3.05, 3.63) is 65.5 Å². The lowest BCUT2D eigenvalue weighted by molar-refractivity contribution is 0.473. The van der Waals surface area contributed by atoms with E-state index in [1.807, 2.05) is 12.1 Å². The normalized spacial score (nSPS) is 15.0. The number of benzene rings is 1. The van der Waals surface area contributed by atoms with E-state index in [0.29, 0.717) is 11.7 Å². The number of nitrogens with zero attached hydrogens (tertiary/aromatic N) is 2. The first kappa shape index (κ1) is 15.9. The minimum absolute atomic E-state index is 0.346. The minimum Gasteiger partial charge on any atom is -0.508 e. The molecule has 128 valence electrons. The molecule has 1 aliphatic carbocycles. The maximum Gasteiger partial charge on any atom is 0.137 e. The standard InChI is InChI=1S/C22H24N2O/c1-15-10-11-16(2)24(15)22-9-5-8-21(23-22)19-13-12-18(25)14-20(19)17-6-3-4-7-17/h5,8-14,17,25H,3-4,6-7H2,1-2H3. The van der Waals surface area contributed by atoms with Gasteiger partial charge in [-0.05, 0) is 80.6 Å². The average Bonchev–Trinajstić information content (AvgIpc) is 3.25. The zero-order valence-electron chi connectivity index (χ0n) is 14.9. The molecule has 1 aliphatic rings. The predicted octanol–water partition coefficient (Wildman–Crippen LogP) is 5.52. The molecule has 3 heteroatoms. The lowest BCUT2D eigenvalue weighted by Gasteiger charge is -2.17. The summed E-state index contributed by atoms with van der Waals surface area (Å²) in [4.78, 5) is 4.95. The van der Waals surface area contributed by atoms with Crippen molar-refractivity contribution >= 4 is 0 Å². The van der Waals surface area contributed by atoms with Crippen LogP contribution in [0.1, 0.15) is 48.6 Å². The van der Waals surface area contributed by atoms with Crippen LogP contribution in [0, 0.1) is 13.8 Å². The van der Waals surface area contributed by atoms with E-state index in [9.17, 15) is 5.11 Å². The highest BCUT2D eigenvalue weighted by molar-refractivity contribution is 5.67. The molecule has 0 saturated heterocycles. The molecule has 1 N–H and O–H groups in total. The number of hydrogen-bond acceptors (Lipinski definition) is 2. The number of phenols is 1. The van der Waals surface area contributed by atoms with Crippen molar-refractivity contribution in [3.63, 3.8) is 0 Å². The maximum atomic E-state index is 10.00. The number of aryl methyl sites for hydroxylation is 2. The zero-order valence-corrected chi connectivity index (χ0v) is 14.9. The van der Waals surface area contributed by atoms with E-state index < -0.39 is 0 Å². The van der Waals surface area contributed by atoms with Crippen LogP contribution >= 0.6 is 0 Å². The van der Waals surface area contributed by atoms with Gasteiger partial charge in [-0.25, -0.2) is 4.98 Å². The van der Waals surface area contributed by atoms with E-state index in [1.165, 1.54) is 42.6 Å². The molecule has 2 heterocycles. The number of hydrogen-bond donors (Lipinski definition) is 1. The van der Waals surface area contributed by atoms with Crippen molar-refractivity contribution in [3.8, 4) is 22.8 Å². The molecule has 1 saturated carbocycles. The first-order valence-corrected chi connectivity index (χ1v) is 9.09. The van der Waals surface area contributed by atoms with Crippen LogP contribution in [-0.2, 0) is 0 Å². The fourth-order valence-corrected chi connectivity index (χ4v) is 4.09. The van der Waals surface area contributed by atoms with Crippen molar-refractivity contribution in [1.29, 1.82) is 0 Å². The Morgan fingerprint density at radius 3 is 2.40 bits per heavy atom.